The highest BCUT2D eigenvalue weighted by Crippen LogP contribution is 2.21. The van der Waals surface area contributed by atoms with Gasteiger partial charge in [-0.25, -0.2) is 19.0 Å². The summed E-state index contributed by atoms with van der Waals surface area (Å²) in [7, 11) is 1.78. The Kier molecular flexibility index (Phi) is 3.75. The van der Waals surface area contributed by atoms with Crippen LogP contribution in [0.3, 0.4) is 0 Å². The number of fused-ring (bicyclic) bond motifs is 1. The van der Waals surface area contributed by atoms with Crippen molar-refractivity contribution in [2.75, 3.05) is 31.1 Å². The van der Waals surface area contributed by atoms with Crippen LogP contribution in [0.15, 0.2) is 30.6 Å². The number of carbonyl (C=O) groups is 1. The second kappa shape index (κ2) is 6.08. The maximum atomic E-state index is 13.3. The van der Waals surface area contributed by atoms with Gasteiger partial charge < -0.3 is 9.80 Å². The van der Waals surface area contributed by atoms with Crippen molar-refractivity contribution < 1.29 is 9.18 Å². The van der Waals surface area contributed by atoms with Gasteiger partial charge in [-0.2, -0.15) is 0 Å². The van der Waals surface area contributed by atoms with Crippen molar-refractivity contribution in [2.45, 2.75) is 0 Å². The average Bonchev–Trinajstić information content (AvgIpc) is 3.03. The predicted molar refractivity (Wildman–Crippen MR) is 88.6 cm³/mol. The van der Waals surface area contributed by atoms with E-state index in [9.17, 15) is 9.18 Å². The number of piperazine rings is 1. The second-order valence-electron chi connectivity index (χ2n) is 5.87. The fourth-order valence-corrected chi connectivity index (χ4v) is 3.00. The number of aryl methyl sites for hydroxylation is 1. The molecule has 9 heteroatoms. The first-order valence-electron chi connectivity index (χ1n) is 7.93. The second-order valence-corrected chi connectivity index (χ2v) is 5.87. The summed E-state index contributed by atoms with van der Waals surface area (Å²) in [4.78, 5) is 24.8. The topological polar surface area (TPSA) is 80.0 Å². The summed E-state index contributed by atoms with van der Waals surface area (Å²) in [6.45, 7) is 2.29. The van der Waals surface area contributed by atoms with E-state index < -0.39 is 5.82 Å². The lowest BCUT2D eigenvalue weighted by Crippen LogP contribution is -2.49. The minimum Gasteiger partial charge on any atom is -0.351 e. The Morgan fingerprint density at radius 2 is 1.96 bits per heavy atom. The van der Waals surface area contributed by atoms with Gasteiger partial charge in [-0.05, 0) is 18.2 Å². The Hall–Kier alpha value is -3.10. The molecule has 8 nitrogen and oxygen atoms in total. The lowest BCUT2D eigenvalue weighted by Gasteiger charge is -2.35. The number of halogens is 1. The first kappa shape index (κ1) is 15.4. The molecule has 1 fully saturated rings. The molecule has 25 heavy (non-hydrogen) atoms. The third-order valence-corrected chi connectivity index (χ3v) is 4.31. The van der Waals surface area contributed by atoms with Crippen LogP contribution in [0.1, 0.15) is 10.4 Å². The first-order valence-corrected chi connectivity index (χ1v) is 7.93. The van der Waals surface area contributed by atoms with Crippen LogP contribution in [-0.2, 0) is 7.05 Å². The van der Waals surface area contributed by atoms with E-state index in [-0.39, 0.29) is 5.91 Å². The number of amides is 1. The molecule has 3 heterocycles. The minimum atomic E-state index is -0.407. The Bertz CT molecular complexity index is 933. The van der Waals surface area contributed by atoms with Gasteiger partial charge in [0, 0.05) is 38.8 Å². The summed E-state index contributed by atoms with van der Waals surface area (Å²) in [5.41, 5.74) is 1.69. The molecule has 0 saturated carbocycles. The molecule has 4 rings (SSSR count). The molecule has 0 radical (unpaired) electrons. The summed E-state index contributed by atoms with van der Waals surface area (Å²) >= 11 is 0. The third kappa shape index (κ3) is 2.77. The predicted octanol–water partition coefficient (Wildman–Crippen LogP) is 0.860. The van der Waals surface area contributed by atoms with Gasteiger partial charge in [-0.1, -0.05) is 11.3 Å². The van der Waals surface area contributed by atoms with Crippen molar-refractivity contribution in [1.29, 1.82) is 0 Å². The molecule has 0 atom stereocenters. The monoisotopic (exact) mass is 341 g/mol. The lowest BCUT2D eigenvalue weighted by atomic mass is 10.1. The van der Waals surface area contributed by atoms with Crippen LogP contribution < -0.4 is 4.90 Å². The fraction of sp³-hybridized carbons (Fsp3) is 0.312. The van der Waals surface area contributed by atoms with Gasteiger partial charge in [0.1, 0.15) is 12.1 Å². The normalized spacial score (nSPS) is 15.0. The quantitative estimate of drug-likeness (QED) is 0.688. The van der Waals surface area contributed by atoms with Gasteiger partial charge >= 0.3 is 0 Å². The minimum absolute atomic E-state index is 0.161. The first-order chi connectivity index (χ1) is 12.1. The van der Waals surface area contributed by atoms with Gasteiger partial charge in [0.15, 0.2) is 17.0 Å². The molecule has 1 aromatic carbocycles. The number of hydrogen-bond donors (Lipinski definition) is 0. The van der Waals surface area contributed by atoms with Crippen molar-refractivity contribution in [3.05, 3.63) is 42.0 Å². The standard InChI is InChI=1S/C16H16FN7O/c1-22-14-13(20-21-22)15(19-10-18-14)23-5-7-24(8-6-23)16(25)11-3-2-4-12(17)9-11/h2-4,9-10H,5-8H2,1H3. The number of aromatic nitrogens is 5. The molecule has 3 aromatic rings. The molecular weight excluding hydrogens is 325 g/mol. The highest BCUT2D eigenvalue weighted by molar-refractivity contribution is 5.94. The van der Waals surface area contributed by atoms with E-state index in [1.165, 1.54) is 18.5 Å². The van der Waals surface area contributed by atoms with Crippen molar-refractivity contribution in [2.24, 2.45) is 7.05 Å². The van der Waals surface area contributed by atoms with Gasteiger partial charge in [0.2, 0.25) is 0 Å². The van der Waals surface area contributed by atoms with E-state index in [1.54, 1.807) is 28.8 Å². The zero-order chi connectivity index (χ0) is 17.4. The number of carbonyl (C=O) groups excluding carboxylic acids is 1. The van der Waals surface area contributed by atoms with E-state index in [0.717, 1.165) is 5.82 Å². The van der Waals surface area contributed by atoms with Crippen LogP contribution in [0, 0.1) is 5.82 Å². The van der Waals surface area contributed by atoms with Crippen LogP contribution >= 0.6 is 0 Å². The van der Waals surface area contributed by atoms with Crippen LogP contribution in [0.25, 0.3) is 11.2 Å². The molecule has 0 unspecified atom stereocenters. The Morgan fingerprint density at radius 3 is 2.72 bits per heavy atom. The molecule has 1 saturated heterocycles. The van der Waals surface area contributed by atoms with E-state index >= 15 is 0 Å². The maximum Gasteiger partial charge on any atom is 0.254 e. The Morgan fingerprint density at radius 1 is 1.16 bits per heavy atom. The van der Waals surface area contributed by atoms with Gasteiger partial charge in [-0.15, -0.1) is 5.10 Å². The Labute approximate surface area is 142 Å². The molecule has 0 N–H and O–H groups in total. The number of nitrogens with zero attached hydrogens (tertiary/aromatic N) is 7. The summed E-state index contributed by atoms with van der Waals surface area (Å²) in [6.07, 6.45) is 1.49. The van der Waals surface area contributed by atoms with Crippen molar-refractivity contribution in [1.82, 2.24) is 29.9 Å². The zero-order valence-electron chi connectivity index (χ0n) is 13.6. The SMILES string of the molecule is Cn1nnc2c(N3CCN(C(=O)c4cccc(F)c4)CC3)ncnc21. The lowest BCUT2D eigenvalue weighted by molar-refractivity contribution is 0.0746. The highest BCUT2D eigenvalue weighted by atomic mass is 19.1. The number of hydrogen-bond acceptors (Lipinski definition) is 6. The van der Waals surface area contributed by atoms with Crippen molar-refractivity contribution in [3.8, 4) is 0 Å². The highest BCUT2D eigenvalue weighted by Gasteiger charge is 2.25. The number of benzene rings is 1. The Balaban J connectivity index is 1.50. The van der Waals surface area contributed by atoms with E-state index in [2.05, 4.69) is 25.2 Å². The molecule has 2 aromatic heterocycles. The summed E-state index contributed by atoms with van der Waals surface area (Å²) < 4.78 is 14.9. The van der Waals surface area contributed by atoms with Gasteiger partial charge in [0.05, 0.1) is 0 Å². The smallest absolute Gasteiger partial charge is 0.254 e. The molecule has 1 aliphatic heterocycles. The van der Waals surface area contributed by atoms with E-state index in [0.29, 0.717) is 42.9 Å². The van der Waals surface area contributed by atoms with E-state index in [1.807, 2.05) is 0 Å². The molecule has 0 bridgehead atoms. The van der Waals surface area contributed by atoms with Crippen molar-refractivity contribution >= 4 is 22.9 Å². The summed E-state index contributed by atoms with van der Waals surface area (Å²) in [6, 6.07) is 5.77. The molecule has 1 aliphatic rings. The summed E-state index contributed by atoms with van der Waals surface area (Å²) in [5.74, 6) is 0.151. The van der Waals surface area contributed by atoms with Gasteiger partial charge in [-0.3, -0.25) is 4.79 Å². The number of anilines is 1. The van der Waals surface area contributed by atoms with Gasteiger partial charge in [0.25, 0.3) is 5.91 Å². The molecule has 0 spiro atoms. The summed E-state index contributed by atoms with van der Waals surface area (Å²) in [5, 5.41) is 8.11. The van der Waals surface area contributed by atoms with E-state index in [4.69, 9.17) is 0 Å². The van der Waals surface area contributed by atoms with Crippen LogP contribution in [0.2, 0.25) is 0 Å². The third-order valence-electron chi connectivity index (χ3n) is 4.31. The largest absolute Gasteiger partial charge is 0.351 e. The molecule has 1 amide bonds. The molecular formula is C16H16FN7O. The zero-order valence-corrected chi connectivity index (χ0v) is 13.6. The fourth-order valence-electron chi connectivity index (χ4n) is 3.00. The van der Waals surface area contributed by atoms with Crippen molar-refractivity contribution in [3.63, 3.8) is 0 Å². The van der Waals surface area contributed by atoms with Crippen LogP contribution in [-0.4, -0.2) is 61.9 Å². The van der Waals surface area contributed by atoms with Crippen LogP contribution in [0.5, 0.6) is 0 Å². The molecule has 128 valence electrons. The average molecular weight is 341 g/mol. The van der Waals surface area contributed by atoms with Crippen LogP contribution in [0.4, 0.5) is 10.2 Å². The molecule has 0 aliphatic carbocycles. The maximum absolute atomic E-state index is 13.3. The number of rotatable bonds is 2.